The zero-order valence-corrected chi connectivity index (χ0v) is 9.26. The molecule has 1 atom stereocenters. The van der Waals surface area contributed by atoms with Crippen molar-refractivity contribution >= 4 is 23.6 Å². The Labute approximate surface area is 87.3 Å². The molecule has 5 heteroatoms. The molecule has 1 aliphatic rings. The minimum absolute atomic E-state index is 0.118. The number of likely N-dealkylation sites (N-methyl/N-ethyl adjacent to an activating group) is 1. The van der Waals surface area contributed by atoms with Gasteiger partial charge in [0.05, 0.1) is 4.91 Å². The summed E-state index contributed by atoms with van der Waals surface area (Å²) in [5.41, 5.74) is 0. The van der Waals surface area contributed by atoms with Gasteiger partial charge in [0, 0.05) is 20.0 Å². The van der Waals surface area contributed by atoms with E-state index in [1.807, 2.05) is 6.92 Å². The molecule has 0 radical (unpaired) electrons. The summed E-state index contributed by atoms with van der Waals surface area (Å²) in [4.78, 5) is 24.3. The van der Waals surface area contributed by atoms with Crippen molar-refractivity contribution < 1.29 is 14.3 Å². The molecule has 0 aromatic carbocycles. The van der Waals surface area contributed by atoms with Crippen molar-refractivity contribution in [1.29, 1.82) is 0 Å². The Hall–Kier alpha value is -0.970. The maximum absolute atomic E-state index is 11.3. The standard InChI is InChI=1S/C9H13NO3S/c1-4-14-7-5-8(12)10(3)9(7)13-6(2)11/h5,9H,4H2,1-3H3. The van der Waals surface area contributed by atoms with Gasteiger partial charge in [-0.3, -0.25) is 9.59 Å². The molecule has 0 saturated carbocycles. The molecule has 14 heavy (non-hydrogen) atoms. The van der Waals surface area contributed by atoms with Crippen molar-refractivity contribution in [3.05, 3.63) is 11.0 Å². The number of ether oxygens (including phenoxy) is 1. The van der Waals surface area contributed by atoms with Crippen LogP contribution in [0.4, 0.5) is 0 Å². The lowest BCUT2D eigenvalue weighted by Crippen LogP contribution is -2.34. The molecule has 4 nitrogen and oxygen atoms in total. The number of hydrogen-bond donors (Lipinski definition) is 0. The second-order valence-corrected chi connectivity index (χ2v) is 4.23. The van der Waals surface area contributed by atoms with E-state index < -0.39 is 6.23 Å². The Morgan fingerprint density at radius 3 is 2.86 bits per heavy atom. The predicted octanol–water partition coefficient (Wildman–Crippen LogP) is 0.985. The van der Waals surface area contributed by atoms with E-state index in [-0.39, 0.29) is 11.9 Å². The Bertz CT molecular complexity index is 288. The summed E-state index contributed by atoms with van der Waals surface area (Å²) in [7, 11) is 1.62. The maximum Gasteiger partial charge on any atom is 0.304 e. The van der Waals surface area contributed by atoms with Crippen molar-refractivity contribution in [3.63, 3.8) is 0 Å². The molecule has 0 aromatic rings. The average molecular weight is 215 g/mol. The van der Waals surface area contributed by atoms with Crippen LogP contribution in [0.3, 0.4) is 0 Å². The van der Waals surface area contributed by atoms with Crippen LogP contribution in [0.5, 0.6) is 0 Å². The third kappa shape index (κ3) is 2.29. The number of carbonyl (C=O) groups excluding carboxylic acids is 2. The summed E-state index contributed by atoms with van der Waals surface area (Å²) in [6, 6.07) is 0. The van der Waals surface area contributed by atoms with Gasteiger partial charge in [-0.05, 0) is 5.75 Å². The number of amides is 1. The van der Waals surface area contributed by atoms with Crippen LogP contribution >= 0.6 is 11.8 Å². The monoisotopic (exact) mass is 215 g/mol. The molecule has 0 fully saturated rings. The minimum Gasteiger partial charge on any atom is -0.437 e. The number of thioether (sulfide) groups is 1. The van der Waals surface area contributed by atoms with E-state index >= 15 is 0 Å². The van der Waals surface area contributed by atoms with Gasteiger partial charge >= 0.3 is 5.97 Å². The molecule has 0 spiro atoms. The summed E-state index contributed by atoms with van der Waals surface area (Å²) in [6.45, 7) is 3.32. The maximum atomic E-state index is 11.3. The molecule has 1 amide bonds. The van der Waals surface area contributed by atoms with Crippen molar-refractivity contribution in [2.24, 2.45) is 0 Å². The average Bonchev–Trinajstić information content (AvgIpc) is 2.33. The van der Waals surface area contributed by atoms with Crippen LogP contribution in [0.15, 0.2) is 11.0 Å². The van der Waals surface area contributed by atoms with Gasteiger partial charge in [-0.1, -0.05) is 6.92 Å². The second-order valence-electron chi connectivity index (χ2n) is 2.89. The first-order chi connectivity index (χ1) is 6.56. The topological polar surface area (TPSA) is 46.6 Å². The van der Waals surface area contributed by atoms with Gasteiger partial charge in [0.2, 0.25) is 12.1 Å². The number of carbonyl (C=O) groups is 2. The largest absolute Gasteiger partial charge is 0.437 e. The van der Waals surface area contributed by atoms with Crippen LogP contribution < -0.4 is 0 Å². The number of rotatable bonds is 3. The molecule has 78 valence electrons. The minimum atomic E-state index is -0.523. The van der Waals surface area contributed by atoms with E-state index in [0.29, 0.717) is 0 Å². The highest BCUT2D eigenvalue weighted by Crippen LogP contribution is 2.28. The van der Waals surface area contributed by atoms with Crippen LogP contribution in [0.1, 0.15) is 13.8 Å². The molecule has 1 aliphatic heterocycles. The SMILES string of the molecule is CCSC1=CC(=O)N(C)C1OC(C)=O. The van der Waals surface area contributed by atoms with Crippen LogP contribution in [0.2, 0.25) is 0 Å². The van der Waals surface area contributed by atoms with Gasteiger partial charge in [0.1, 0.15) is 0 Å². The molecule has 1 rings (SSSR count). The number of nitrogens with zero attached hydrogens (tertiary/aromatic N) is 1. The van der Waals surface area contributed by atoms with Crippen LogP contribution in [0.25, 0.3) is 0 Å². The molecular formula is C9H13NO3S. The first-order valence-corrected chi connectivity index (χ1v) is 5.33. The third-order valence-electron chi connectivity index (χ3n) is 1.80. The quantitative estimate of drug-likeness (QED) is 0.658. The van der Waals surface area contributed by atoms with Gasteiger partial charge in [0.15, 0.2) is 0 Å². The summed E-state index contributed by atoms with van der Waals surface area (Å²) >= 11 is 1.52. The first-order valence-electron chi connectivity index (χ1n) is 4.34. The van der Waals surface area contributed by atoms with E-state index in [0.717, 1.165) is 10.7 Å². The molecule has 0 saturated heterocycles. The Balaban J connectivity index is 2.75. The lowest BCUT2D eigenvalue weighted by Gasteiger charge is -2.21. The normalized spacial score (nSPS) is 21.1. The zero-order valence-electron chi connectivity index (χ0n) is 8.44. The fourth-order valence-electron chi connectivity index (χ4n) is 1.18. The van der Waals surface area contributed by atoms with Crippen LogP contribution in [-0.2, 0) is 14.3 Å². The fraction of sp³-hybridized carbons (Fsp3) is 0.556. The molecule has 0 bridgehead atoms. The van der Waals surface area contributed by atoms with Gasteiger partial charge in [0.25, 0.3) is 0 Å². The van der Waals surface area contributed by atoms with E-state index in [1.54, 1.807) is 7.05 Å². The Kier molecular flexibility index (Phi) is 3.57. The predicted molar refractivity (Wildman–Crippen MR) is 54.5 cm³/mol. The van der Waals surface area contributed by atoms with Crippen LogP contribution in [-0.4, -0.2) is 35.8 Å². The van der Waals surface area contributed by atoms with Crippen molar-refractivity contribution in [3.8, 4) is 0 Å². The van der Waals surface area contributed by atoms with E-state index in [1.165, 1.54) is 29.7 Å². The van der Waals surface area contributed by atoms with Crippen LogP contribution in [0, 0.1) is 0 Å². The second kappa shape index (κ2) is 4.50. The summed E-state index contributed by atoms with van der Waals surface area (Å²) in [5.74, 6) is 0.358. The van der Waals surface area contributed by atoms with Gasteiger partial charge in [-0.25, -0.2) is 0 Å². The molecular weight excluding hydrogens is 202 g/mol. The van der Waals surface area contributed by atoms with Crippen molar-refractivity contribution in [2.75, 3.05) is 12.8 Å². The highest BCUT2D eigenvalue weighted by atomic mass is 32.2. The molecule has 1 unspecified atom stereocenters. The van der Waals surface area contributed by atoms with Crippen molar-refractivity contribution in [2.45, 2.75) is 20.1 Å². The highest BCUT2D eigenvalue weighted by Gasteiger charge is 2.32. The lowest BCUT2D eigenvalue weighted by atomic mass is 10.5. The molecule has 0 N–H and O–H groups in total. The summed E-state index contributed by atoms with van der Waals surface area (Å²) in [6.07, 6.45) is 0.992. The molecule has 0 aromatic heterocycles. The van der Waals surface area contributed by atoms with E-state index in [9.17, 15) is 9.59 Å². The van der Waals surface area contributed by atoms with Gasteiger partial charge < -0.3 is 9.64 Å². The Morgan fingerprint density at radius 2 is 2.36 bits per heavy atom. The number of hydrogen-bond acceptors (Lipinski definition) is 4. The third-order valence-corrected chi connectivity index (χ3v) is 2.74. The smallest absolute Gasteiger partial charge is 0.304 e. The summed E-state index contributed by atoms with van der Waals surface area (Å²) in [5, 5.41) is 0. The number of esters is 1. The van der Waals surface area contributed by atoms with Crippen molar-refractivity contribution in [1.82, 2.24) is 4.90 Å². The highest BCUT2D eigenvalue weighted by molar-refractivity contribution is 8.03. The Morgan fingerprint density at radius 1 is 1.71 bits per heavy atom. The van der Waals surface area contributed by atoms with E-state index in [2.05, 4.69) is 0 Å². The van der Waals surface area contributed by atoms with Gasteiger partial charge in [-0.15, -0.1) is 11.8 Å². The lowest BCUT2D eigenvalue weighted by molar-refractivity contribution is -0.153. The van der Waals surface area contributed by atoms with Gasteiger partial charge in [-0.2, -0.15) is 0 Å². The fourth-order valence-corrected chi connectivity index (χ4v) is 2.04. The molecule has 1 heterocycles. The zero-order chi connectivity index (χ0) is 10.7. The summed E-state index contributed by atoms with van der Waals surface area (Å²) < 4.78 is 5.04. The first kappa shape index (κ1) is 11.1. The van der Waals surface area contributed by atoms with E-state index in [4.69, 9.17) is 4.74 Å². The molecule has 0 aliphatic carbocycles.